The van der Waals surface area contributed by atoms with Crippen molar-refractivity contribution in [2.24, 2.45) is 5.92 Å². The fourth-order valence-electron chi connectivity index (χ4n) is 3.72. The van der Waals surface area contributed by atoms with Gasteiger partial charge in [-0.1, -0.05) is 25.8 Å². The number of rotatable bonds is 3. The van der Waals surface area contributed by atoms with E-state index in [-0.39, 0.29) is 29.8 Å². The van der Waals surface area contributed by atoms with Gasteiger partial charge in [-0.15, -0.1) is 0 Å². The first-order valence-electron chi connectivity index (χ1n) is 8.57. The van der Waals surface area contributed by atoms with Crippen LogP contribution in [0.4, 0.5) is 10.5 Å². The van der Waals surface area contributed by atoms with E-state index in [0.717, 1.165) is 29.7 Å². The molecule has 25 heavy (non-hydrogen) atoms. The number of anilines is 1. The predicted molar refractivity (Wildman–Crippen MR) is 92.1 cm³/mol. The highest BCUT2D eigenvalue weighted by atomic mass is 16.3. The van der Waals surface area contributed by atoms with Crippen molar-refractivity contribution in [3.63, 3.8) is 0 Å². The van der Waals surface area contributed by atoms with Gasteiger partial charge < -0.3 is 15.7 Å². The van der Waals surface area contributed by atoms with Gasteiger partial charge in [0.2, 0.25) is 5.91 Å². The van der Waals surface area contributed by atoms with Crippen LogP contribution in [0.5, 0.6) is 5.75 Å². The third kappa shape index (κ3) is 3.06. The summed E-state index contributed by atoms with van der Waals surface area (Å²) in [6.07, 6.45) is 3.41. The molecule has 1 saturated heterocycles. The molecule has 1 saturated carbocycles. The van der Waals surface area contributed by atoms with Gasteiger partial charge in [0.15, 0.2) is 0 Å². The van der Waals surface area contributed by atoms with Crippen LogP contribution in [0.25, 0.3) is 0 Å². The van der Waals surface area contributed by atoms with Gasteiger partial charge in [0.05, 0.1) is 5.69 Å². The van der Waals surface area contributed by atoms with Crippen LogP contribution in [-0.4, -0.2) is 39.9 Å². The van der Waals surface area contributed by atoms with Crippen LogP contribution in [0, 0.1) is 12.8 Å². The Morgan fingerprint density at radius 2 is 2.16 bits per heavy atom. The smallest absolute Gasteiger partial charge is 0.325 e. The second-order valence-corrected chi connectivity index (χ2v) is 7.01. The van der Waals surface area contributed by atoms with Crippen molar-refractivity contribution in [2.75, 3.05) is 11.9 Å². The van der Waals surface area contributed by atoms with Gasteiger partial charge in [-0.3, -0.25) is 14.5 Å². The third-order valence-corrected chi connectivity index (χ3v) is 5.23. The first-order valence-corrected chi connectivity index (χ1v) is 8.57. The number of carbonyl (C=O) groups excluding carboxylic acids is 3. The number of hydrogen-bond acceptors (Lipinski definition) is 4. The molecular weight excluding hydrogens is 322 g/mol. The lowest BCUT2D eigenvalue weighted by molar-refractivity contribution is -0.136. The first kappa shape index (κ1) is 17.3. The molecule has 0 radical (unpaired) electrons. The highest BCUT2D eigenvalue weighted by Gasteiger charge is 2.55. The van der Waals surface area contributed by atoms with E-state index in [9.17, 15) is 19.5 Å². The molecule has 4 amide bonds. The average molecular weight is 345 g/mol. The number of imide groups is 1. The van der Waals surface area contributed by atoms with Gasteiger partial charge in [0, 0.05) is 0 Å². The normalized spacial score (nSPS) is 26.0. The number of phenolic OH excluding ortho intramolecular Hbond substituents is 1. The quantitative estimate of drug-likeness (QED) is 0.577. The fraction of sp³-hybridized carbons (Fsp3) is 0.500. The maximum atomic E-state index is 12.8. The van der Waals surface area contributed by atoms with E-state index in [4.69, 9.17) is 0 Å². The molecule has 7 nitrogen and oxygen atoms in total. The van der Waals surface area contributed by atoms with Crippen LogP contribution in [0.15, 0.2) is 18.2 Å². The summed E-state index contributed by atoms with van der Waals surface area (Å²) in [6, 6.07) is 4.34. The molecule has 3 N–H and O–H groups in total. The van der Waals surface area contributed by atoms with E-state index >= 15 is 0 Å². The molecule has 7 heteroatoms. The van der Waals surface area contributed by atoms with Gasteiger partial charge in [-0.2, -0.15) is 0 Å². The number of carbonyl (C=O) groups is 3. The molecule has 1 aliphatic carbocycles. The second-order valence-electron chi connectivity index (χ2n) is 7.01. The van der Waals surface area contributed by atoms with E-state index in [0.29, 0.717) is 6.42 Å². The van der Waals surface area contributed by atoms with Crippen molar-refractivity contribution in [1.82, 2.24) is 10.2 Å². The average Bonchev–Trinajstić information content (AvgIpc) is 2.78. The highest BCUT2D eigenvalue weighted by molar-refractivity contribution is 6.10. The van der Waals surface area contributed by atoms with E-state index in [1.807, 2.05) is 13.8 Å². The molecule has 0 bridgehead atoms. The van der Waals surface area contributed by atoms with Gasteiger partial charge in [0.1, 0.15) is 17.8 Å². The largest absolute Gasteiger partial charge is 0.506 e. The number of nitrogens with one attached hydrogen (secondary N) is 2. The zero-order valence-electron chi connectivity index (χ0n) is 14.5. The van der Waals surface area contributed by atoms with Gasteiger partial charge in [-0.25, -0.2) is 4.79 Å². The summed E-state index contributed by atoms with van der Waals surface area (Å²) in [5.74, 6) is -0.856. The SMILES string of the molecule is Cc1ccc(NC(=O)CN2C(=O)N[C@]3(CCCC[C@H]3C)C2=O)c(O)c1. The molecule has 0 aromatic heterocycles. The Hall–Kier alpha value is -2.57. The Labute approximate surface area is 146 Å². The number of phenols is 1. The summed E-state index contributed by atoms with van der Waals surface area (Å²) < 4.78 is 0. The zero-order chi connectivity index (χ0) is 18.2. The van der Waals surface area contributed by atoms with Gasteiger partial charge in [-0.05, 0) is 43.4 Å². The molecule has 1 aromatic carbocycles. The van der Waals surface area contributed by atoms with E-state index in [2.05, 4.69) is 10.6 Å². The van der Waals surface area contributed by atoms with Crippen LogP contribution < -0.4 is 10.6 Å². The Bertz CT molecular complexity index is 733. The summed E-state index contributed by atoms with van der Waals surface area (Å²) in [5, 5.41) is 15.2. The maximum Gasteiger partial charge on any atom is 0.325 e. The Balaban J connectivity index is 1.71. The minimum atomic E-state index is -0.873. The Kier molecular flexibility index (Phi) is 4.41. The molecule has 2 aliphatic rings. The number of aryl methyl sites for hydroxylation is 1. The van der Waals surface area contributed by atoms with Crippen LogP contribution in [0.3, 0.4) is 0 Å². The molecule has 2 atom stereocenters. The van der Waals surface area contributed by atoms with Crippen molar-refractivity contribution in [3.05, 3.63) is 23.8 Å². The van der Waals surface area contributed by atoms with Crippen molar-refractivity contribution in [3.8, 4) is 5.75 Å². The van der Waals surface area contributed by atoms with Crippen LogP contribution in [0.1, 0.15) is 38.2 Å². The first-order chi connectivity index (χ1) is 11.8. The number of hydrogen-bond donors (Lipinski definition) is 3. The summed E-state index contributed by atoms with van der Waals surface area (Å²) in [4.78, 5) is 38.3. The van der Waals surface area contributed by atoms with Crippen LogP contribution in [-0.2, 0) is 9.59 Å². The van der Waals surface area contributed by atoms with Crippen LogP contribution in [0.2, 0.25) is 0 Å². The number of urea groups is 1. The molecule has 2 fully saturated rings. The summed E-state index contributed by atoms with van der Waals surface area (Å²) >= 11 is 0. The van der Waals surface area contributed by atoms with E-state index < -0.39 is 17.5 Å². The lowest BCUT2D eigenvalue weighted by Gasteiger charge is -2.36. The molecule has 1 heterocycles. The van der Waals surface area contributed by atoms with E-state index in [1.165, 1.54) is 6.07 Å². The van der Waals surface area contributed by atoms with Gasteiger partial charge in [0.25, 0.3) is 5.91 Å². The maximum absolute atomic E-state index is 12.8. The van der Waals surface area contributed by atoms with Crippen LogP contribution >= 0.6 is 0 Å². The van der Waals surface area contributed by atoms with Crippen molar-refractivity contribution < 1.29 is 19.5 Å². The second kappa shape index (κ2) is 6.38. The Morgan fingerprint density at radius 1 is 1.40 bits per heavy atom. The number of amides is 4. The fourth-order valence-corrected chi connectivity index (χ4v) is 3.72. The molecule has 134 valence electrons. The molecule has 1 aromatic rings. The van der Waals surface area contributed by atoms with Gasteiger partial charge >= 0.3 is 6.03 Å². The standard InChI is InChI=1S/C18H23N3O4/c1-11-6-7-13(14(22)9-11)19-15(23)10-21-16(24)18(20-17(21)25)8-4-3-5-12(18)2/h6-7,9,12,22H,3-5,8,10H2,1-2H3,(H,19,23)(H,20,25)/t12-,18+/m1/s1. The third-order valence-electron chi connectivity index (χ3n) is 5.23. The molecular formula is C18H23N3O4. The monoisotopic (exact) mass is 345 g/mol. The Morgan fingerprint density at radius 3 is 2.84 bits per heavy atom. The minimum absolute atomic E-state index is 0.0481. The summed E-state index contributed by atoms with van der Waals surface area (Å²) in [6.45, 7) is 3.42. The topological polar surface area (TPSA) is 98.7 Å². The molecule has 1 spiro atoms. The van der Waals surface area contributed by atoms with Crippen molar-refractivity contribution in [1.29, 1.82) is 0 Å². The molecule has 3 rings (SSSR count). The zero-order valence-corrected chi connectivity index (χ0v) is 14.5. The van der Waals surface area contributed by atoms with E-state index in [1.54, 1.807) is 12.1 Å². The summed E-state index contributed by atoms with van der Waals surface area (Å²) in [7, 11) is 0. The number of benzene rings is 1. The predicted octanol–water partition coefficient (Wildman–Crippen LogP) is 2.14. The summed E-state index contributed by atoms with van der Waals surface area (Å²) in [5.41, 5.74) is 0.239. The molecule has 1 aliphatic heterocycles. The number of nitrogens with zero attached hydrogens (tertiary/aromatic N) is 1. The lowest BCUT2D eigenvalue weighted by atomic mass is 9.73. The lowest BCUT2D eigenvalue weighted by Crippen LogP contribution is -2.54. The van der Waals surface area contributed by atoms with Crippen molar-refractivity contribution in [2.45, 2.75) is 45.1 Å². The minimum Gasteiger partial charge on any atom is -0.506 e. The molecule has 0 unspecified atom stereocenters. The van der Waals surface area contributed by atoms with Crippen molar-refractivity contribution >= 4 is 23.5 Å². The number of aromatic hydroxyl groups is 1. The highest BCUT2D eigenvalue weighted by Crippen LogP contribution is 2.38.